The summed E-state index contributed by atoms with van der Waals surface area (Å²) in [6, 6.07) is 14.8. The topological polar surface area (TPSA) is 88.4 Å². The first-order valence-corrected chi connectivity index (χ1v) is 16.6. The van der Waals surface area contributed by atoms with Crippen molar-refractivity contribution in [1.29, 1.82) is 0 Å². The van der Waals surface area contributed by atoms with Crippen LogP contribution in [0.15, 0.2) is 72.3 Å². The maximum atomic E-state index is 14.1. The van der Waals surface area contributed by atoms with Crippen LogP contribution in [0.25, 0.3) is 10.9 Å². The van der Waals surface area contributed by atoms with Gasteiger partial charge in [-0.05, 0) is 87.9 Å². The summed E-state index contributed by atoms with van der Waals surface area (Å²) in [5, 5.41) is 12.9. The molecule has 2 N–H and O–H groups in total. The van der Waals surface area contributed by atoms with E-state index in [0.717, 1.165) is 34.9 Å². The van der Waals surface area contributed by atoms with Crippen LogP contribution in [0.5, 0.6) is 0 Å². The number of carboxylic acids is 1. The number of rotatable bonds is 13. The third kappa shape index (κ3) is 14.5. The lowest BCUT2D eigenvalue weighted by molar-refractivity contribution is -0.136. The van der Waals surface area contributed by atoms with Gasteiger partial charge >= 0.3 is 5.97 Å². The molecular weight excluding hydrogens is 608 g/mol. The summed E-state index contributed by atoms with van der Waals surface area (Å²) in [6.07, 6.45) is 12.7. The normalized spacial score (nSPS) is 12.7. The lowest BCUT2D eigenvalue weighted by atomic mass is 9.89. The van der Waals surface area contributed by atoms with Crippen molar-refractivity contribution in [1.82, 2.24) is 9.88 Å². The van der Waals surface area contributed by atoms with Gasteiger partial charge in [0, 0.05) is 34.0 Å². The summed E-state index contributed by atoms with van der Waals surface area (Å²) in [5.74, 6) is 0.835. The summed E-state index contributed by atoms with van der Waals surface area (Å²) >= 11 is 6.30. The number of carboxylic acid groups (broad SMARTS) is 1. The SMILES string of the molecule is C#CC.C/C=C\C=C(/C)C(C)n1c(C(=O)C(CCC)Cc2ccc(C(=O)NCCC(=O)O)cc2)cc2cc(Cl)ccc21.CC(C)(C)C. The van der Waals surface area contributed by atoms with Crippen LogP contribution in [0.2, 0.25) is 5.02 Å². The Hall–Kier alpha value is -4.08. The molecule has 0 radical (unpaired) electrons. The highest BCUT2D eigenvalue weighted by Gasteiger charge is 2.26. The number of allylic oxidation sites excluding steroid dienone is 4. The number of Topliss-reactive ketones (excluding diaryl/α,β-unsaturated/α-hetero) is 1. The molecule has 1 amide bonds. The number of fused-ring (bicyclic) bond motifs is 1. The van der Waals surface area contributed by atoms with Gasteiger partial charge in [0.15, 0.2) is 5.78 Å². The van der Waals surface area contributed by atoms with E-state index in [2.05, 4.69) is 76.8 Å². The standard InChI is InChI=1S/C32H37ClN2O4.C5H12.C3H4/c1-5-7-9-21(3)22(4)35-28-15-14-27(33)19-26(28)20-29(35)31(38)25(8-6-2)18-23-10-12-24(13-11-23)32(39)34-17-16-30(36)37;1-5(2,3)4;1-3-2/h5,7,9-15,19-20,22,25H,6,8,16-18H2,1-4H3,(H,34,39)(H,36,37);1-4H3;1H,2H3/b7-5-,21-9+;;. The molecule has 0 bridgehead atoms. The first-order valence-electron chi connectivity index (χ1n) is 16.2. The molecule has 3 rings (SSSR count). The van der Waals surface area contributed by atoms with Crippen LogP contribution in [-0.4, -0.2) is 33.9 Å². The number of carbonyl (C=O) groups excluding carboxylic acids is 2. The van der Waals surface area contributed by atoms with Crippen molar-refractivity contribution in [3.63, 3.8) is 0 Å². The molecule has 2 atom stereocenters. The average Bonchev–Trinajstić information content (AvgIpc) is 3.37. The quantitative estimate of drug-likeness (QED) is 0.108. The Bertz CT molecular complexity index is 1560. The molecule has 2 aromatic carbocycles. The monoisotopic (exact) mass is 660 g/mol. The average molecular weight is 661 g/mol. The highest BCUT2D eigenvalue weighted by molar-refractivity contribution is 6.31. The Morgan fingerprint density at radius 3 is 2.21 bits per heavy atom. The third-order valence-corrected chi connectivity index (χ3v) is 7.22. The summed E-state index contributed by atoms with van der Waals surface area (Å²) in [6.45, 7) is 18.7. The minimum absolute atomic E-state index is 0.0278. The number of aliphatic carboxylic acids is 1. The maximum Gasteiger partial charge on any atom is 0.305 e. The predicted octanol–water partition coefficient (Wildman–Crippen LogP) is 10.1. The number of amides is 1. The van der Waals surface area contributed by atoms with Crippen LogP contribution in [0.1, 0.15) is 114 Å². The molecule has 0 saturated heterocycles. The minimum Gasteiger partial charge on any atom is -0.481 e. The van der Waals surface area contributed by atoms with E-state index in [9.17, 15) is 14.4 Å². The predicted molar refractivity (Wildman–Crippen MR) is 197 cm³/mol. The first-order chi connectivity index (χ1) is 22.1. The molecule has 3 aromatic rings. The number of aromatic nitrogens is 1. The summed E-state index contributed by atoms with van der Waals surface area (Å²) in [5.41, 5.74) is 4.69. The molecule has 47 heavy (non-hydrogen) atoms. The van der Waals surface area contributed by atoms with Crippen molar-refractivity contribution in [2.24, 2.45) is 11.3 Å². The number of hydrogen-bond donors (Lipinski definition) is 2. The number of nitrogens with zero attached hydrogens (tertiary/aromatic N) is 1. The molecular formula is C40H53ClN2O4. The number of halogens is 1. The zero-order chi connectivity index (χ0) is 35.7. The first kappa shape index (κ1) is 40.9. The molecule has 0 fully saturated rings. The van der Waals surface area contributed by atoms with Crippen molar-refractivity contribution in [3.05, 3.63) is 94.2 Å². The number of terminal acetylenes is 1. The zero-order valence-corrected chi connectivity index (χ0v) is 30.4. The van der Waals surface area contributed by atoms with Gasteiger partial charge in [-0.1, -0.05) is 88.6 Å². The Balaban J connectivity index is 0.00000124. The van der Waals surface area contributed by atoms with Gasteiger partial charge in [-0.15, -0.1) is 12.3 Å². The molecule has 1 heterocycles. The fraction of sp³-hybridized carbons (Fsp3) is 0.425. The fourth-order valence-corrected chi connectivity index (χ4v) is 4.93. The lowest BCUT2D eigenvalue weighted by Gasteiger charge is -2.22. The van der Waals surface area contributed by atoms with Crippen LogP contribution < -0.4 is 5.32 Å². The van der Waals surface area contributed by atoms with Gasteiger partial charge in [0.1, 0.15) is 0 Å². The van der Waals surface area contributed by atoms with Gasteiger partial charge in [0.05, 0.1) is 18.2 Å². The summed E-state index contributed by atoms with van der Waals surface area (Å²) in [7, 11) is 0. The van der Waals surface area contributed by atoms with Gasteiger partial charge in [0.2, 0.25) is 0 Å². The van der Waals surface area contributed by atoms with E-state index >= 15 is 0 Å². The Morgan fingerprint density at radius 2 is 1.68 bits per heavy atom. The molecule has 0 aliphatic heterocycles. The third-order valence-electron chi connectivity index (χ3n) is 6.98. The highest BCUT2D eigenvalue weighted by atomic mass is 35.5. The second kappa shape index (κ2) is 20.2. The van der Waals surface area contributed by atoms with Crippen molar-refractivity contribution < 1.29 is 19.5 Å². The molecule has 0 saturated carbocycles. The van der Waals surface area contributed by atoms with Crippen molar-refractivity contribution in [2.75, 3.05) is 6.54 Å². The van der Waals surface area contributed by atoms with Crippen LogP contribution in [0, 0.1) is 23.7 Å². The lowest BCUT2D eigenvalue weighted by Crippen LogP contribution is -2.26. The minimum atomic E-state index is -0.960. The molecule has 1 aromatic heterocycles. The second-order valence-corrected chi connectivity index (χ2v) is 13.6. The largest absolute Gasteiger partial charge is 0.481 e. The Morgan fingerprint density at radius 1 is 1.09 bits per heavy atom. The van der Waals surface area contributed by atoms with Crippen LogP contribution in [-0.2, 0) is 11.2 Å². The molecule has 254 valence electrons. The van der Waals surface area contributed by atoms with Crippen LogP contribution >= 0.6 is 11.6 Å². The number of ketones is 1. The second-order valence-electron chi connectivity index (χ2n) is 13.2. The van der Waals surface area contributed by atoms with Gasteiger partial charge in [0.25, 0.3) is 5.91 Å². The van der Waals surface area contributed by atoms with E-state index in [1.807, 2.05) is 55.5 Å². The number of carbonyl (C=O) groups is 3. The zero-order valence-electron chi connectivity index (χ0n) is 29.6. The summed E-state index contributed by atoms with van der Waals surface area (Å²) < 4.78 is 2.12. The van der Waals surface area contributed by atoms with Crippen molar-refractivity contribution >= 4 is 40.2 Å². The number of benzene rings is 2. The van der Waals surface area contributed by atoms with Gasteiger partial charge in [-0.3, -0.25) is 14.4 Å². The van der Waals surface area contributed by atoms with E-state index in [1.165, 1.54) is 0 Å². The Labute approximate surface area is 287 Å². The van der Waals surface area contributed by atoms with Gasteiger partial charge in [-0.25, -0.2) is 0 Å². The number of nitrogens with one attached hydrogen (secondary N) is 1. The maximum absolute atomic E-state index is 14.1. The molecule has 2 unspecified atom stereocenters. The van der Waals surface area contributed by atoms with E-state index in [-0.39, 0.29) is 36.6 Å². The van der Waals surface area contributed by atoms with E-state index in [0.29, 0.717) is 28.1 Å². The highest BCUT2D eigenvalue weighted by Crippen LogP contribution is 2.32. The summed E-state index contributed by atoms with van der Waals surface area (Å²) in [4.78, 5) is 37.1. The van der Waals surface area contributed by atoms with E-state index < -0.39 is 5.97 Å². The fourth-order valence-electron chi connectivity index (χ4n) is 4.75. The number of hydrogen-bond acceptors (Lipinski definition) is 3. The molecule has 0 spiro atoms. The van der Waals surface area contributed by atoms with E-state index in [1.54, 1.807) is 19.1 Å². The van der Waals surface area contributed by atoms with Crippen molar-refractivity contribution in [3.8, 4) is 12.3 Å². The molecule has 6 nitrogen and oxygen atoms in total. The molecule has 0 aliphatic carbocycles. The van der Waals surface area contributed by atoms with Crippen molar-refractivity contribution in [2.45, 2.75) is 94.0 Å². The van der Waals surface area contributed by atoms with E-state index in [4.69, 9.17) is 16.7 Å². The molecule has 0 aliphatic rings. The van der Waals surface area contributed by atoms with Gasteiger partial charge < -0.3 is 15.0 Å². The van der Waals surface area contributed by atoms with Gasteiger partial charge in [-0.2, -0.15) is 0 Å². The van der Waals surface area contributed by atoms with Crippen LogP contribution in [0.4, 0.5) is 0 Å². The molecule has 7 heteroatoms. The van der Waals surface area contributed by atoms with Crippen LogP contribution in [0.3, 0.4) is 0 Å². The smallest absolute Gasteiger partial charge is 0.305 e. The Kier molecular flexibility index (Phi) is 17.6.